The van der Waals surface area contributed by atoms with Crippen molar-refractivity contribution >= 4 is 17.6 Å². The number of fused-ring (bicyclic) bond motifs is 1. The minimum absolute atomic E-state index is 0.229. The number of aliphatic carboxylic acids is 1. The summed E-state index contributed by atoms with van der Waals surface area (Å²) in [5.74, 6) is -0.585. The van der Waals surface area contributed by atoms with Crippen molar-refractivity contribution in [3.8, 4) is 5.75 Å². The van der Waals surface area contributed by atoms with Crippen LogP contribution in [0.2, 0.25) is 0 Å². The van der Waals surface area contributed by atoms with Gasteiger partial charge in [0.2, 0.25) is 0 Å². The fourth-order valence-electron chi connectivity index (χ4n) is 1.72. The summed E-state index contributed by atoms with van der Waals surface area (Å²) in [6, 6.07) is 5.04. The summed E-state index contributed by atoms with van der Waals surface area (Å²) in [4.78, 5) is 22.7. The summed E-state index contributed by atoms with van der Waals surface area (Å²) in [5.41, 5.74) is 0.125. The Kier molecular flexibility index (Phi) is 2.77. The monoisotopic (exact) mass is 249 g/mol. The molecule has 1 aromatic rings. The zero-order chi connectivity index (χ0) is 13.5. The fraction of sp³-hybridized carbons (Fsp3) is 0.385. The zero-order valence-corrected chi connectivity index (χ0v) is 10.5. The normalized spacial score (nSPS) is 18.6. The van der Waals surface area contributed by atoms with Crippen LogP contribution in [0.3, 0.4) is 0 Å². The van der Waals surface area contributed by atoms with E-state index in [1.807, 2.05) is 0 Å². The lowest BCUT2D eigenvalue weighted by molar-refractivity contribution is -0.142. The van der Waals surface area contributed by atoms with E-state index in [-0.39, 0.29) is 5.91 Å². The van der Waals surface area contributed by atoms with Gasteiger partial charge in [0.25, 0.3) is 5.91 Å². The van der Waals surface area contributed by atoms with Crippen LogP contribution in [0.5, 0.6) is 5.75 Å². The molecule has 0 bridgehead atoms. The van der Waals surface area contributed by atoms with E-state index in [1.54, 1.807) is 39.0 Å². The van der Waals surface area contributed by atoms with E-state index in [2.05, 4.69) is 5.32 Å². The highest BCUT2D eigenvalue weighted by atomic mass is 16.5. The smallest absolute Gasteiger partial charge is 0.313 e. The van der Waals surface area contributed by atoms with Crippen LogP contribution in [0.4, 0.5) is 5.69 Å². The molecule has 1 heterocycles. The van der Waals surface area contributed by atoms with Crippen molar-refractivity contribution in [2.45, 2.75) is 32.3 Å². The molecule has 0 spiro atoms. The number of carboxylic acids is 1. The Morgan fingerprint density at radius 3 is 2.72 bits per heavy atom. The molecule has 0 saturated carbocycles. The first-order valence-corrected chi connectivity index (χ1v) is 5.68. The van der Waals surface area contributed by atoms with Crippen LogP contribution in [-0.2, 0) is 15.0 Å². The predicted octanol–water partition coefficient (Wildman–Crippen LogP) is 1.77. The molecule has 1 unspecified atom stereocenters. The first-order valence-electron chi connectivity index (χ1n) is 5.68. The molecule has 1 aliphatic heterocycles. The molecule has 2 rings (SSSR count). The molecule has 0 fully saturated rings. The molecule has 0 saturated heterocycles. The van der Waals surface area contributed by atoms with Crippen LogP contribution >= 0.6 is 0 Å². The van der Waals surface area contributed by atoms with Gasteiger partial charge in [0.15, 0.2) is 6.10 Å². The molecule has 1 aliphatic rings. The molecule has 18 heavy (non-hydrogen) atoms. The Morgan fingerprint density at radius 1 is 1.44 bits per heavy atom. The van der Waals surface area contributed by atoms with Crippen molar-refractivity contribution in [3.05, 3.63) is 23.8 Å². The van der Waals surface area contributed by atoms with E-state index in [0.717, 1.165) is 0 Å². The van der Waals surface area contributed by atoms with E-state index < -0.39 is 17.5 Å². The van der Waals surface area contributed by atoms with Gasteiger partial charge < -0.3 is 15.2 Å². The van der Waals surface area contributed by atoms with Gasteiger partial charge in [-0.25, -0.2) is 0 Å². The molecule has 0 aliphatic carbocycles. The number of carbonyl (C=O) groups excluding carboxylic acids is 1. The molecule has 0 aromatic heterocycles. The first-order chi connectivity index (χ1) is 8.32. The topological polar surface area (TPSA) is 75.6 Å². The van der Waals surface area contributed by atoms with E-state index in [4.69, 9.17) is 4.74 Å². The number of carbonyl (C=O) groups is 2. The van der Waals surface area contributed by atoms with Gasteiger partial charge >= 0.3 is 5.97 Å². The standard InChI is InChI=1S/C13H15NO4/c1-7-11(15)14-9-6-8(4-5-10(9)18-7)13(2,3)12(16)17/h4-7H,1-3H3,(H,14,15)(H,16,17). The molecular weight excluding hydrogens is 234 g/mol. The van der Waals surface area contributed by atoms with E-state index in [1.165, 1.54) is 0 Å². The maximum atomic E-state index is 11.5. The van der Waals surface area contributed by atoms with Crippen LogP contribution in [0.15, 0.2) is 18.2 Å². The number of anilines is 1. The number of hydrogen-bond donors (Lipinski definition) is 2. The van der Waals surface area contributed by atoms with Crippen molar-refractivity contribution in [2.24, 2.45) is 0 Å². The Hall–Kier alpha value is -2.04. The maximum absolute atomic E-state index is 11.5. The largest absolute Gasteiger partial charge is 0.481 e. The molecule has 2 N–H and O–H groups in total. The van der Waals surface area contributed by atoms with E-state index in [9.17, 15) is 14.7 Å². The van der Waals surface area contributed by atoms with Gasteiger partial charge in [-0.05, 0) is 38.5 Å². The number of hydrogen-bond acceptors (Lipinski definition) is 3. The molecular formula is C13H15NO4. The number of ether oxygens (including phenoxy) is 1. The van der Waals surface area contributed by atoms with Crippen LogP contribution in [0.1, 0.15) is 26.3 Å². The summed E-state index contributed by atoms with van der Waals surface area (Å²) in [5, 5.41) is 11.9. The van der Waals surface area contributed by atoms with Crippen LogP contribution in [-0.4, -0.2) is 23.1 Å². The van der Waals surface area contributed by atoms with Crippen molar-refractivity contribution in [1.29, 1.82) is 0 Å². The van der Waals surface area contributed by atoms with Gasteiger partial charge in [0, 0.05) is 0 Å². The zero-order valence-electron chi connectivity index (χ0n) is 10.5. The first kappa shape index (κ1) is 12.4. The van der Waals surface area contributed by atoms with Crippen molar-refractivity contribution in [3.63, 3.8) is 0 Å². The molecule has 5 heteroatoms. The number of rotatable bonds is 2. The van der Waals surface area contributed by atoms with E-state index in [0.29, 0.717) is 17.0 Å². The number of amides is 1. The van der Waals surface area contributed by atoms with Gasteiger partial charge in [0.05, 0.1) is 11.1 Å². The highest BCUT2D eigenvalue weighted by Crippen LogP contribution is 2.34. The lowest BCUT2D eigenvalue weighted by Crippen LogP contribution is -2.35. The molecule has 1 amide bonds. The summed E-state index contributed by atoms with van der Waals surface area (Å²) < 4.78 is 5.41. The molecule has 1 atom stereocenters. The molecule has 5 nitrogen and oxygen atoms in total. The fourth-order valence-corrected chi connectivity index (χ4v) is 1.72. The van der Waals surface area contributed by atoms with E-state index >= 15 is 0 Å². The minimum Gasteiger partial charge on any atom is -0.481 e. The van der Waals surface area contributed by atoms with Crippen LogP contribution < -0.4 is 10.1 Å². The predicted molar refractivity (Wildman–Crippen MR) is 65.8 cm³/mol. The Balaban J connectivity index is 2.42. The summed E-state index contributed by atoms with van der Waals surface area (Å²) in [6.45, 7) is 4.89. The van der Waals surface area contributed by atoms with Gasteiger partial charge in [-0.3, -0.25) is 9.59 Å². The average Bonchev–Trinajstić information content (AvgIpc) is 2.29. The number of benzene rings is 1. The number of carboxylic acid groups (broad SMARTS) is 1. The maximum Gasteiger partial charge on any atom is 0.313 e. The van der Waals surface area contributed by atoms with Gasteiger partial charge in [-0.15, -0.1) is 0 Å². The van der Waals surface area contributed by atoms with Crippen molar-refractivity contribution in [2.75, 3.05) is 5.32 Å². The minimum atomic E-state index is -1.01. The average molecular weight is 249 g/mol. The molecule has 96 valence electrons. The summed E-state index contributed by atoms with van der Waals surface area (Å²) in [7, 11) is 0. The van der Waals surface area contributed by atoms with Gasteiger partial charge in [0.1, 0.15) is 5.75 Å². The van der Waals surface area contributed by atoms with Gasteiger partial charge in [-0.2, -0.15) is 0 Å². The Morgan fingerprint density at radius 2 is 2.11 bits per heavy atom. The summed E-state index contributed by atoms with van der Waals surface area (Å²) >= 11 is 0. The third-order valence-electron chi connectivity index (χ3n) is 3.17. The second-order valence-corrected chi connectivity index (χ2v) is 4.89. The summed E-state index contributed by atoms with van der Waals surface area (Å²) in [6.07, 6.45) is -0.532. The van der Waals surface area contributed by atoms with Crippen molar-refractivity contribution in [1.82, 2.24) is 0 Å². The highest BCUT2D eigenvalue weighted by Gasteiger charge is 2.31. The second kappa shape index (κ2) is 4.01. The van der Waals surface area contributed by atoms with Crippen molar-refractivity contribution < 1.29 is 19.4 Å². The molecule has 0 radical (unpaired) electrons. The molecule has 1 aromatic carbocycles. The SMILES string of the molecule is CC1Oc2ccc(C(C)(C)C(=O)O)cc2NC1=O. The second-order valence-electron chi connectivity index (χ2n) is 4.89. The van der Waals surface area contributed by atoms with Crippen LogP contribution in [0.25, 0.3) is 0 Å². The number of nitrogens with one attached hydrogen (secondary N) is 1. The van der Waals surface area contributed by atoms with Gasteiger partial charge in [-0.1, -0.05) is 6.07 Å². The Bertz CT molecular complexity index is 522. The van der Waals surface area contributed by atoms with Crippen LogP contribution in [0, 0.1) is 0 Å². The third-order valence-corrected chi connectivity index (χ3v) is 3.17. The third kappa shape index (κ3) is 1.92. The Labute approximate surface area is 105 Å². The highest BCUT2D eigenvalue weighted by molar-refractivity contribution is 5.97. The lowest BCUT2D eigenvalue weighted by Gasteiger charge is -2.26. The quantitative estimate of drug-likeness (QED) is 0.837. The lowest BCUT2D eigenvalue weighted by atomic mass is 9.84.